The van der Waals surface area contributed by atoms with Crippen molar-refractivity contribution in [1.29, 1.82) is 5.26 Å². The molecule has 0 aliphatic heterocycles. The number of thioether (sulfide) groups is 1. The Bertz CT molecular complexity index is 861. The maximum atomic E-state index is 10.1. The number of hydrogen-bond donors (Lipinski definition) is 1. The van der Waals surface area contributed by atoms with Crippen molar-refractivity contribution in [3.63, 3.8) is 0 Å². The van der Waals surface area contributed by atoms with Crippen molar-refractivity contribution >= 4 is 11.8 Å². The number of aromatic nitrogens is 4. The van der Waals surface area contributed by atoms with Gasteiger partial charge in [0.1, 0.15) is 12.4 Å². The average Bonchev–Trinajstić information content (AvgIpc) is 3.15. The summed E-state index contributed by atoms with van der Waals surface area (Å²) in [5, 5.41) is 31.1. The average molecular weight is 367 g/mol. The molecule has 0 bridgehead atoms. The summed E-state index contributed by atoms with van der Waals surface area (Å²) in [6.45, 7) is 0.164. The zero-order valence-corrected chi connectivity index (χ0v) is 14.7. The Kier molecular flexibility index (Phi) is 6.19. The van der Waals surface area contributed by atoms with Crippen LogP contribution in [0.15, 0.2) is 59.8 Å². The molecule has 0 saturated carbocycles. The molecule has 0 amide bonds. The molecular weight excluding hydrogens is 350 g/mol. The Labute approximate surface area is 155 Å². The van der Waals surface area contributed by atoms with Gasteiger partial charge in [0.25, 0.3) is 0 Å². The van der Waals surface area contributed by atoms with Crippen LogP contribution < -0.4 is 4.74 Å². The van der Waals surface area contributed by atoms with E-state index in [4.69, 9.17) is 10.00 Å². The Hall–Kier alpha value is -2.89. The fourth-order valence-electron chi connectivity index (χ4n) is 2.21. The van der Waals surface area contributed by atoms with Gasteiger partial charge in [-0.3, -0.25) is 0 Å². The summed E-state index contributed by atoms with van der Waals surface area (Å²) in [6, 6.07) is 18.9. The molecule has 7 nitrogen and oxygen atoms in total. The van der Waals surface area contributed by atoms with Gasteiger partial charge in [-0.1, -0.05) is 42.1 Å². The number of rotatable bonds is 8. The number of aliphatic hydroxyl groups is 1. The largest absolute Gasteiger partial charge is 0.491 e. The molecule has 1 aromatic heterocycles. The number of benzene rings is 2. The van der Waals surface area contributed by atoms with Crippen molar-refractivity contribution in [3.8, 4) is 17.5 Å². The lowest BCUT2D eigenvalue weighted by Gasteiger charge is -2.12. The molecule has 0 radical (unpaired) electrons. The summed E-state index contributed by atoms with van der Waals surface area (Å²) in [6.07, 6.45) is -0.296. The lowest BCUT2D eigenvalue weighted by molar-refractivity contribution is 0.126. The molecule has 132 valence electrons. The van der Waals surface area contributed by atoms with E-state index in [0.717, 1.165) is 11.3 Å². The molecule has 1 heterocycles. The van der Waals surface area contributed by atoms with E-state index in [-0.39, 0.29) is 6.61 Å². The number of ether oxygens (including phenoxy) is 1. The van der Waals surface area contributed by atoms with E-state index in [0.29, 0.717) is 23.1 Å². The van der Waals surface area contributed by atoms with Crippen molar-refractivity contribution in [2.24, 2.45) is 0 Å². The molecular formula is C18H17N5O2S. The minimum absolute atomic E-state index is 0.164. The second-order valence-electron chi connectivity index (χ2n) is 5.46. The molecule has 1 atom stereocenters. The highest BCUT2D eigenvalue weighted by molar-refractivity contribution is 7.99. The molecule has 0 unspecified atom stereocenters. The Morgan fingerprint density at radius 2 is 1.92 bits per heavy atom. The third-order valence-electron chi connectivity index (χ3n) is 3.50. The highest BCUT2D eigenvalue weighted by Crippen LogP contribution is 2.19. The molecule has 0 aliphatic carbocycles. The first-order valence-electron chi connectivity index (χ1n) is 7.99. The first-order valence-corrected chi connectivity index (χ1v) is 8.98. The van der Waals surface area contributed by atoms with Gasteiger partial charge in [-0.15, -0.1) is 5.10 Å². The number of nitriles is 1. The van der Waals surface area contributed by atoms with Crippen LogP contribution in [-0.4, -0.2) is 43.8 Å². The van der Waals surface area contributed by atoms with E-state index in [1.54, 1.807) is 16.8 Å². The number of nitrogens with zero attached hydrogens (tertiary/aromatic N) is 5. The molecule has 8 heteroatoms. The molecule has 2 aromatic carbocycles. The highest BCUT2D eigenvalue weighted by atomic mass is 32.2. The Morgan fingerprint density at radius 3 is 2.65 bits per heavy atom. The highest BCUT2D eigenvalue weighted by Gasteiger charge is 2.12. The van der Waals surface area contributed by atoms with Gasteiger partial charge in [-0.25, -0.2) is 0 Å². The van der Waals surface area contributed by atoms with Gasteiger partial charge >= 0.3 is 0 Å². The van der Waals surface area contributed by atoms with Crippen LogP contribution in [0.4, 0.5) is 0 Å². The van der Waals surface area contributed by atoms with Crippen molar-refractivity contribution in [2.45, 2.75) is 17.7 Å². The fourth-order valence-corrected chi connectivity index (χ4v) is 3.00. The number of tetrazole rings is 1. The molecule has 0 aliphatic rings. The molecule has 3 rings (SSSR count). The first kappa shape index (κ1) is 17.9. The van der Waals surface area contributed by atoms with Gasteiger partial charge in [-0.2, -0.15) is 9.94 Å². The van der Waals surface area contributed by atoms with Crippen molar-refractivity contribution in [1.82, 2.24) is 20.2 Å². The van der Waals surface area contributed by atoms with Gasteiger partial charge < -0.3 is 9.84 Å². The van der Waals surface area contributed by atoms with Crippen LogP contribution in [0.5, 0.6) is 5.75 Å². The fraction of sp³-hybridized carbons (Fsp3) is 0.222. The standard InChI is InChI=1S/C18H17N5O2S/c19-11-10-14-6-8-17(9-7-14)25-12-16(24)13-26-18-20-21-22-23(18)15-4-2-1-3-5-15/h1-9,16,24H,10,12-13H2/t16-/m0/s1. The Morgan fingerprint density at radius 1 is 1.15 bits per heavy atom. The summed E-state index contributed by atoms with van der Waals surface area (Å²) < 4.78 is 7.21. The molecule has 0 spiro atoms. The number of aliphatic hydroxyl groups excluding tert-OH is 1. The molecule has 0 fully saturated rings. The monoisotopic (exact) mass is 367 g/mol. The van der Waals surface area contributed by atoms with Crippen LogP contribution >= 0.6 is 11.8 Å². The third-order valence-corrected chi connectivity index (χ3v) is 4.56. The van der Waals surface area contributed by atoms with Crippen molar-refractivity contribution in [2.75, 3.05) is 12.4 Å². The topological polar surface area (TPSA) is 96.8 Å². The lowest BCUT2D eigenvalue weighted by Crippen LogP contribution is -2.20. The van der Waals surface area contributed by atoms with Crippen LogP contribution in [0.3, 0.4) is 0 Å². The van der Waals surface area contributed by atoms with Crippen molar-refractivity contribution < 1.29 is 9.84 Å². The summed E-state index contributed by atoms with van der Waals surface area (Å²) in [4.78, 5) is 0. The minimum Gasteiger partial charge on any atom is -0.491 e. The van der Waals surface area contributed by atoms with Gasteiger partial charge in [0, 0.05) is 5.75 Å². The quantitative estimate of drug-likeness (QED) is 0.610. The van der Waals surface area contributed by atoms with E-state index in [1.807, 2.05) is 42.5 Å². The second kappa shape index (κ2) is 8.99. The molecule has 1 N–H and O–H groups in total. The van der Waals surface area contributed by atoms with Gasteiger partial charge in [0.2, 0.25) is 5.16 Å². The van der Waals surface area contributed by atoms with Crippen molar-refractivity contribution in [3.05, 3.63) is 60.2 Å². The van der Waals surface area contributed by atoms with E-state index in [2.05, 4.69) is 21.6 Å². The normalized spacial score (nSPS) is 11.7. The van der Waals surface area contributed by atoms with Crippen LogP contribution in [0, 0.1) is 11.3 Å². The van der Waals surface area contributed by atoms with Gasteiger partial charge in [0.15, 0.2) is 0 Å². The van der Waals surface area contributed by atoms with Crippen LogP contribution in [0.2, 0.25) is 0 Å². The second-order valence-corrected chi connectivity index (χ2v) is 6.45. The predicted octanol–water partition coefficient (Wildman–Crippen LogP) is 2.26. The first-order chi connectivity index (χ1) is 12.8. The summed E-state index contributed by atoms with van der Waals surface area (Å²) >= 11 is 1.36. The van der Waals surface area contributed by atoms with E-state index < -0.39 is 6.10 Å². The zero-order valence-electron chi connectivity index (χ0n) is 13.9. The minimum atomic E-state index is -0.667. The van der Waals surface area contributed by atoms with E-state index >= 15 is 0 Å². The molecule has 26 heavy (non-hydrogen) atoms. The maximum Gasteiger partial charge on any atom is 0.214 e. The third kappa shape index (κ3) is 4.81. The Balaban J connectivity index is 1.50. The van der Waals surface area contributed by atoms with Crippen LogP contribution in [0.25, 0.3) is 5.69 Å². The predicted molar refractivity (Wildman–Crippen MR) is 97.1 cm³/mol. The summed E-state index contributed by atoms with van der Waals surface area (Å²) in [5.74, 6) is 1.06. The van der Waals surface area contributed by atoms with E-state index in [1.165, 1.54) is 11.8 Å². The SMILES string of the molecule is N#CCc1ccc(OC[C@H](O)CSc2nnnn2-c2ccccc2)cc1. The van der Waals surface area contributed by atoms with Gasteiger partial charge in [0.05, 0.1) is 24.3 Å². The summed E-state index contributed by atoms with van der Waals surface area (Å²) in [5.41, 5.74) is 1.80. The molecule has 0 saturated heterocycles. The molecule has 3 aromatic rings. The smallest absolute Gasteiger partial charge is 0.214 e. The van der Waals surface area contributed by atoms with Crippen LogP contribution in [0.1, 0.15) is 5.56 Å². The van der Waals surface area contributed by atoms with Gasteiger partial charge in [-0.05, 0) is 40.3 Å². The zero-order chi connectivity index (χ0) is 18.2. The number of hydrogen-bond acceptors (Lipinski definition) is 7. The maximum absolute atomic E-state index is 10.1. The number of para-hydroxylation sites is 1. The van der Waals surface area contributed by atoms with E-state index in [9.17, 15) is 5.11 Å². The van der Waals surface area contributed by atoms with Crippen LogP contribution in [-0.2, 0) is 6.42 Å². The lowest BCUT2D eigenvalue weighted by atomic mass is 10.2. The summed E-state index contributed by atoms with van der Waals surface area (Å²) in [7, 11) is 0.